The zero-order valence-electron chi connectivity index (χ0n) is 27.0. The van der Waals surface area contributed by atoms with E-state index in [4.69, 9.17) is 40.5 Å². The number of carbonyl (C=O) groups excluding carboxylic acids is 1. The van der Waals surface area contributed by atoms with Gasteiger partial charge in [0.05, 0.1) is 23.1 Å². The lowest BCUT2D eigenvalue weighted by Crippen LogP contribution is -2.40. The van der Waals surface area contributed by atoms with Gasteiger partial charge in [-0.15, -0.1) is 0 Å². The van der Waals surface area contributed by atoms with Crippen LogP contribution in [0.3, 0.4) is 0 Å². The van der Waals surface area contributed by atoms with Crippen molar-refractivity contribution in [1.82, 2.24) is 9.88 Å². The molecule has 3 aliphatic heterocycles. The Hall–Kier alpha value is -4.20. The number of amides is 1. The maximum atomic E-state index is 14.7. The number of rotatable bonds is 5. The molecule has 2 atom stereocenters. The van der Waals surface area contributed by atoms with Crippen LogP contribution in [0.25, 0.3) is 22.2 Å². The number of carbonyl (C=O) groups is 1. The zero-order valence-corrected chi connectivity index (χ0v) is 29.3. The van der Waals surface area contributed by atoms with E-state index in [0.29, 0.717) is 20.8 Å². The van der Waals surface area contributed by atoms with Crippen LogP contribution in [0.4, 0.5) is 11.4 Å². The molecular formula is C40H36Cl3N5O. The number of H-pyrrole nitrogens is 1. The second kappa shape index (κ2) is 12.9. The summed E-state index contributed by atoms with van der Waals surface area (Å²) in [5.74, 6) is -0.0703. The van der Waals surface area contributed by atoms with Gasteiger partial charge in [-0.1, -0.05) is 96.3 Å². The third-order valence-electron chi connectivity index (χ3n) is 10.1. The van der Waals surface area contributed by atoms with Gasteiger partial charge in [0.2, 0.25) is 0 Å². The van der Waals surface area contributed by atoms with E-state index in [9.17, 15) is 4.79 Å². The molecule has 8 rings (SSSR count). The van der Waals surface area contributed by atoms with Gasteiger partial charge in [-0.05, 0) is 83.8 Å². The molecule has 0 saturated carbocycles. The average molecular weight is 709 g/mol. The van der Waals surface area contributed by atoms with Crippen molar-refractivity contribution in [2.45, 2.75) is 38.3 Å². The number of benzene rings is 4. The first-order valence-corrected chi connectivity index (χ1v) is 17.9. The minimum Gasteiger partial charge on any atom is -0.370 e. The lowest BCUT2D eigenvalue weighted by Gasteiger charge is -2.39. The standard InChI is InChI=1S/C40H36Cl3N5O/c1-23-8-7-17-48-38(28-14-13-25(41)21-30(28)43)29-20-26(42)22-32-35(29)36(39(48)34(23)24-9-3-2-4-10-24)37(45-32)40(49)46-31-11-5-6-12-33(31)47-18-15-27(44)16-19-47/h2-7,9-14,17,20-23,27,38,45H,8,15-16,18-19,44H2,1H3,(H,46,49). The molecule has 1 saturated heterocycles. The van der Waals surface area contributed by atoms with Crippen molar-refractivity contribution in [3.63, 3.8) is 0 Å². The van der Waals surface area contributed by atoms with E-state index in [1.807, 2.05) is 48.5 Å². The number of aromatic nitrogens is 1. The second-order valence-corrected chi connectivity index (χ2v) is 14.5. The number of aromatic amines is 1. The van der Waals surface area contributed by atoms with Gasteiger partial charge in [-0.25, -0.2) is 0 Å². The van der Waals surface area contributed by atoms with Crippen molar-refractivity contribution in [3.05, 3.63) is 140 Å². The molecule has 4 heterocycles. The fourth-order valence-corrected chi connectivity index (χ4v) is 8.52. The number of halogens is 3. The number of hydrogen-bond donors (Lipinski definition) is 3. The fourth-order valence-electron chi connectivity index (χ4n) is 7.78. The lowest BCUT2D eigenvalue weighted by molar-refractivity contribution is 0.102. The van der Waals surface area contributed by atoms with Crippen LogP contribution in [0.2, 0.25) is 15.1 Å². The SMILES string of the molecule is CC1CC=CN2C(=C1c1ccccc1)c1c(C(=O)Nc3ccccc3N3CCC(N)CC3)[nH]c3cc(Cl)cc(c13)C2c1ccc(Cl)cc1Cl. The molecule has 2 unspecified atom stereocenters. The molecule has 0 aliphatic carbocycles. The third-order valence-corrected chi connectivity index (χ3v) is 10.8. The summed E-state index contributed by atoms with van der Waals surface area (Å²) in [6, 6.07) is 27.9. The summed E-state index contributed by atoms with van der Waals surface area (Å²) in [5.41, 5.74) is 15.2. The number of fused-ring (bicyclic) bond motifs is 2. The number of piperidine rings is 1. The maximum Gasteiger partial charge on any atom is 0.272 e. The number of nitrogens with zero attached hydrogens (tertiary/aromatic N) is 2. The maximum absolute atomic E-state index is 14.7. The average Bonchev–Trinajstić information content (AvgIpc) is 3.38. The van der Waals surface area contributed by atoms with Gasteiger partial charge < -0.3 is 25.8 Å². The molecular weight excluding hydrogens is 673 g/mol. The summed E-state index contributed by atoms with van der Waals surface area (Å²) >= 11 is 20.2. The fraction of sp³-hybridized carbons (Fsp3) is 0.225. The van der Waals surface area contributed by atoms with Crippen molar-refractivity contribution >= 4 is 74.3 Å². The summed E-state index contributed by atoms with van der Waals surface area (Å²) in [4.78, 5) is 22.8. The first kappa shape index (κ1) is 32.0. The predicted octanol–water partition coefficient (Wildman–Crippen LogP) is 10.1. The number of hydrogen-bond acceptors (Lipinski definition) is 4. The smallest absolute Gasteiger partial charge is 0.272 e. The van der Waals surface area contributed by atoms with E-state index in [-0.39, 0.29) is 23.9 Å². The number of nitrogens with two attached hydrogens (primary N) is 1. The summed E-state index contributed by atoms with van der Waals surface area (Å²) < 4.78 is 0. The van der Waals surface area contributed by atoms with Crippen molar-refractivity contribution in [2.24, 2.45) is 11.7 Å². The Balaban J connectivity index is 1.37. The molecule has 49 heavy (non-hydrogen) atoms. The minimum atomic E-state index is -0.327. The van der Waals surface area contributed by atoms with Crippen LogP contribution in [0.5, 0.6) is 0 Å². The van der Waals surface area contributed by atoms with E-state index >= 15 is 0 Å². The Morgan fingerprint density at radius 3 is 2.43 bits per heavy atom. The molecule has 5 aromatic rings. The third kappa shape index (κ3) is 5.71. The van der Waals surface area contributed by atoms with E-state index in [0.717, 1.165) is 88.2 Å². The van der Waals surface area contributed by atoms with Gasteiger partial charge in [-0.2, -0.15) is 0 Å². The Bertz CT molecular complexity index is 2150. The first-order chi connectivity index (χ1) is 23.8. The van der Waals surface area contributed by atoms with Crippen LogP contribution < -0.4 is 16.0 Å². The molecule has 3 aliphatic rings. The molecule has 9 heteroatoms. The van der Waals surface area contributed by atoms with Crippen molar-refractivity contribution in [3.8, 4) is 0 Å². The number of allylic oxidation sites excluding steroid dienone is 2. The molecule has 248 valence electrons. The predicted molar refractivity (Wildman–Crippen MR) is 203 cm³/mol. The normalized spacial score (nSPS) is 19.3. The molecule has 0 radical (unpaired) electrons. The Labute approximate surface area is 301 Å². The molecule has 4 N–H and O–H groups in total. The summed E-state index contributed by atoms with van der Waals surface area (Å²) in [5, 5.41) is 5.93. The Kier molecular flexibility index (Phi) is 8.45. The van der Waals surface area contributed by atoms with Crippen LogP contribution in [-0.2, 0) is 0 Å². The number of para-hydroxylation sites is 2. The van der Waals surface area contributed by atoms with Crippen LogP contribution in [0.15, 0.2) is 97.2 Å². The summed E-state index contributed by atoms with van der Waals surface area (Å²) in [6.45, 7) is 3.93. The number of anilines is 2. The van der Waals surface area contributed by atoms with Crippen molar-refractivity contribution in [2.75, 3.05) is 23.3 Å². The van der Waals surface area contributed by atoms with E-state index < -0.39 is 0 Å². The van der Waals surface area contributed by atoms with Crippen molar-refractivity contribution < 1.29 is 4.79 Å². The highest BCUT2D eigenvalue weighted by molar-refractivity contribution is 6.35. The summed E-state index contributed by atoms with van der Waals surface area (Å²) in [7, 11) is 0. The topological polar surface area (TPSA) is 77.4 Å². The first-order valence-electron chi connectivity index (χ1n) is 16.7. The van der Waals surface area contributed by atoms with Gasteiger partial charge in [0.25, 0.3) is 5.91 Å². The highest BCUT2D eigenvalue weighted by atomic mass is 35.5. The highest BCUT2D eigenvalue weighted by Crippen LogP contribution is 2.53. The molecule has 0 spiro atoms. The lowest BCUT2D eigenvalue weighted by atomic mass is 9.82. The van der Waals surface area contributed by atoms with Crippen LogP contribution in [0.1, 0.15) is 65.0 Å². The zero-order chi connectivity index (χ0) is 33.8. The highest BCUT2D eigenvalue weighted by Gasteiger charge is 2.40. The summed E-state index contributed by atoms with van der Waals surface area (Å²) in [6.07, 6.45) is 6.99. The van der Waals surface area contributed by atoms with Crippen LogP contribution >= 0.6 is 34.8 Å². The van der Waals surface area contributed by atoms with Crippen LogP contribution in [0, 0.1) is 5.92 Å². The van der Waals surface area contributed by atoms with Gasteiger partial charge in [0.1, 0.15) is 5.69 Å². The minimum absolute atomic E-state index is 0.154. The van der Waals surface area contributed by atoms with Crippen molar-refractivity contribution in [1.29, 1.82) is 0 Å². The monoisotopic (exact) mass is 707 g/mol. The van der Waals surface area contributed by atoms with E-state index in [1.54, 1.807) is 6.07 Å². The molecule has 6 nitrogen and oxygen atoms in total. The Morgan fingerprint density at radius 1 is 0.898 bits per heavy atom. The van der Waals surface area contributed by atoms with Gasteiger partial charge in [0, 0.05) is 56.9 Å². The quantitative estimate of drug-likeness (QED) is 0.170. The molecule has 1 amide bonds. The van der Waals surface area contributed by atoms with Gasteiger partial charge >= 0.3 is 0 Å². The largest absolute Gasteiger partial charge is 0.370 e. The van der Waals surface area contributed by atoms with Crippen LogP contribution in [-0.4, -0.2) is 34.9 Å². The second-order valence-electron chi connectivity index (χ2n) is 13.2. The number of nitrogens with one attached hydrogen (secondary N) is 2. The van der Waals surface area contributed by atoms with Gasteiger partial charge in [-0.3, -0.25) is 4.79 Å². The molecule has 1 fully saturated rings. The molecule has 0 bridgehead atoms. The molecule has 4 aromatic carbocycles. The Morgan fingerprint density at radius 2 is 1.65 bits per heavy atom. The van der Waals surface area contributed by atoms with Gasteiger partial charge in [0.15, 0.2) is 0 Å². The van der Waals surface area contributed by atoms with E-state index in [2.05, 4.69) is 69.6 Å². The van der Waals surface area contributed by atoms with E-state index in [1.165, 1.54) is 0 Å². The molecule has 1 aromatic heterocycles.